The summed E-state index contributed by atoms with van der Waals surface area (Å²) in [5.74, 6) is -0.309. The molecule has 0 fully saturated rings. The van der Waals surface area contributed by atoms with Crippen molar-refractivity contribution in [3.05, 3.63) is 47.5 Å². The van der Waals surface area contributed by atoms with Crippen LogP contribution >= 0.6 is 0 Å². The van der Waals surface area contributed by atoms with Crippen LogP contribution in [0.25, 0.3) is 0 Å². The first-order chi connectivity index (χ1) is 13.5. The minimum absolute atomic E-state index is 0.154. The van der Waals surface area contributed by atoms with E-state index in [0.29, 0.717) is 17.7 Å². The fraction of sp³-hybridized carbons (Fsp3) is 0.583. The molecule has 0 bridgehead atoms. The van der Waals surface area contributed by atoms with Gasteiger partial charge >= 0.3 is 176 Å². The Balaban J connectivity index is 2.12. The molecule has 0 radical (unpaired) electrons. The van der Waals surface area contributed by atoms with Crippen LogP contribution in [0.5, 0.6) is 0 Å². The van der Waals surface area contributed by atoms with Gasteiger partial charge in [0.25, 0.3) is 0 Å². The zero-order valence-corrected chi connectivity index (χ0v) is 20.9. The van der Waals surface area contributed by atoms with E-state index in [4.69, 9.17) is 0 Å². The van der Waals surface area contributed by atoms with E-state index >= 15 is 0 Å². The number of imide groups is 1. The topological polar surface area (TPSA) is 37.4 Å². The third-order valence-electron chi connectivity index (χ3n) is 6.07. The van der Waals surface area contributed by atoms with Crippen molar-refractivity contribution in [2.24, 2.45) is 0 Å². The average molecular weight is 490 g/mol. The van der Waals surface area contributed by atoms with Gasteiger partial charge in [-0.05, 0) is 0 Å². The number of fused-ring (bicyclic) bond motifs is 1. The molecule has 4 heteroatoms. The molecule has 1 aromatic rings. The van der Waals surface area contributed by atoms with E-state index in [1.54, 1.807) is 12.1 Å². The van der Waals surface area contributed by atoms with E-state index in [9.17, 15) is 9.59 Å². The Bertz CT molecular complexity index is 641. The van der Waals surface area contributed by atoms with Gasteiger partial charge < -0.3 is 0 Å². The summed E-state index contributed by atoms with van der Waals surface area (Å²) >= 11 is -2.35. The molecule has 1 aliphatic rings. The third-order valence-corrected chi connectivity index (χ3v) is 21.7. The number of benzene rings is 1. The Morgan fingerprint density at radius 3 is 1.68 bits per heavy atom. The number of rotatable bonds is 13. The van der Waals surface area contributed by atoms with E-state index in [0.717, 1.165) is 10.0 Å². The molecule has 0 saturated carbocycles. The molecular formula is C24H37NO2Sn. The number of hydrogen-bond donors (Lipinski definition) is 0. The zero-order chi connectivity index (χ0) is 20.6. The molecule has 0 N–H and O–H groups in total. The van der Waals surface area contributed by atoms with Crippen LogP contribution < -0.4 is 0 Å². The van der Waals surface area contributed by atoms with Crippen molar-refractivity contribution in [1.29, 1.82) is 0 Å². The van der Waals surface area contributed by atoms with Gasteiger partial charge in [-0.15, -0.1) is 0 Å². The molecule has 0 saturated heterocycles. The second-order valence-corrected chi connectivity index (χ2v) is 22.3. The maximum atomic E-state index is 12.7. The van der Waals surface area contributed by atoms with Gasteiger partial charge in [0.05, 0.1) is 0 Å². The first-order valence-electron chi connectivity index (χ1n) is 11.1. The molecule has 0 aliphatic carbocycles. The normalized spacial score (nSPS) is 13.9. The Morgan fingerprint density at radius 2 is 1.29 bits per heavy atom. The summed E-state index contributed by atoms with van der Waals surface area (Å²) in [6.07, 6.45) is 7.73. The molecule has 1 aromatic carbocycles. The number of carbonyl (C=O) groups excluding carboxylic acids is 2. The molecular weight excluding hydrogens is 453 g/mol. The Hall–Kier alpha value is -1.10. The van der Waals surface area contributed by atoms with E-state index in [1.165, 1.54) is 56.7 Å². The van der Waals surface area contributed by atoms with Crippen LogP contribution in [0.15, 0.2) is 36.4 Å². The first kappa shape index (κ1) is 23.2. The second kappa shape index (κ2) is 11.2. The van der Waals surface area contributed by atoms with Crippen molar-refractivity contribution in [2.75, 3.05) is 6.54 Å². The molecule has 0 aromatic heterocycles. The summed E-state index contributed by atoms with van der Waals surface area (Å²) in [5.41, 5.74) is 2.18. The molecule has 0 atom stereocenters. The quantitative estimate of drug-likeness (QED) is 0.176. The fourth-order valence-corrected chi connectivity index (χ4v) is 20.9. The fourth-order valence-electron chi connectivity index (χ4n) is 4.49. The van der Waals surface area contributed by atoms with Gasteiger partial charge in [-0.2, -0.15) is 0 Å². The van der Waals surface area contributed by atoms with Crippen LogP contribution in [0, 0.1) is 0 Å². The van der Waals surface area contributed by atoms with Gasteiger partial charge in [0.2, 0.25) is 0 Å². The van der Waals surface area contributed by atoms with Crippen molar-refractivity contribution in [2.45, 2.75) is 77.0 Å². The summed E-state index contributed by atoms with van der Waals surface area (Å²) in [5, 5.41) is 0. The number of amides is 2. The van der Waals surface area contributed by atoms with E-state index in [2.05, 4.69) is 27.4 Å². The summed E-state index contributed by atoms with van der Waals surface area (Å²) < 4.78 is 5.40. The Kier molecular flexibility index (Phi) is 9.25. The van der Waals surface area contributed by atoms with Crippen molar-refractivity contribution >= 4 is 30.2 Å². The van der Waals surface area contributed by atoms with Crippen LogP contribution in [-0.4, -0.2) is 41.6 Å². The summed E-state index contributed by atoms with van der Waals surface area (Å²) in [6, 6.07) is 7.16. The van der Waals surface area contributed by atoms with E-state index in [1.807, 2.05) is 12.1 Å². The van der Waals surface area contributed by atoms with Crippen molar-refractivity contribution < 1.29 is 9.59 Å². The predicted molar refractivity (Wildman–Crippen MR) is 121 cm³/mol. The number of unbranched alkanes of at least 4 members (excludes halogenated alkanes) is 3. The summed E-state index contributed by atoms with van der Waals surface area (Å²) in [6.45, 7) is 11.6. The molecule has 154 valence electrons. The molecule has 28 heavy (non-hydrogen) atoms. The summed E-state index contributed by atoms with van der Waals surface area (Å²) in [7, 11) is 0. The van der Waals surface area contributed by atoms with Gasteiger partial charge in [-0.25, -0.2) is 0 Å². The van der Waals surface area contributed by atoms with Gasteiger partial charge in [0.1, 0.15) is 0 Å². The van der Waals surface area contributed by atoms with Gasteiger partial charge in [0, 0.05) is 0 Å². The van der Waals surface area contributed by atoms with Crippen LogP contribution in [0.2, 0.25) is 17.7 Å². The first-order valence-corrected chi connectivity index (χ1v) is 19.2. The molecule has 1 heterocycles. The SMILES string of the molecule is C=C(CN1C(=O)c2ccccc2C1=O)[CH2][Sn]([CH2]CCC)([CH2]CCC)[CH2]CCC. The monoisotopic (exact) mass is 491 g/mol. The Labute approximate surface area is 175 Å². The van der Waals surface area contributed by atoms with E-state index < -0.39 is 18.4 Å². The van der Waals surface area contributed by atoms with Crippen LogP contribution in [0.1, 0.15) is 80.0 Å². The van der Waals surface area contributed by atoms with Gasteiger partial charge in [0.15, 0.2) is 0 Å². The number of carbonyl (C=O) groups is 2. The molecule has 0 spiro atoms. The van der Waals surface area contributed by atoms with E-state index in [-0.39, 0.29) is 11.8 Å². The zero-order valence-electron chi connectivity index (χ0n) is 18.1. The third kappa shape index (κ3) is 5.71. The minimum atomic E-state index is -2.35. The van der Waals surface area contributed by atoms with Crippen molar-refractivity contribution in [3.63, 3.8) is 0 Å². The predicted octanol–water partition coefficient (Wildman–Crippen LogP) is 6.69. The van der Waals surface area contributed by atoms with Crippen molar-refractivity contribution in [1.82, 2.24) is 4.90 Å². The summed E-state index contributed by atoms with van der Waals surface area (Å²) in [4.78, 5) is 26.8. The van der Waals surface area contributed by atoms with Crippen LogP contribution in [0.4, 0.5) is 0 Å². The number of nitrogens with zero attached hydrogens (tertiary/aromatic N) is 1. The molecule has 2 amide bonds. The standard InChI is InChI=1S/C12H10NO2.3C4H9.Sn/c1-8(2)7-13-11(14)9-5-3-4-6-10(9)12(13)15;3*1-3-4-2;/h3-6H,1-2,7H2;3*1,3-4H2,2H3;. The maximum absolute atomic E-state index is 12.7. The second-order valence-electron chi connectivity index (χ2n) is 8.48. The molecule has 3 nitrogen and oxygen atoms in total. The molecule has 0 unspecified atom stereocenters. The molecule has 1 aliphatic heterocycles. The van der Waals surface area contributed by atoms with Gasteiger partial charge in [-0.3, -0.25) is 0 Å². The Morgan fingerprint density at radius 1 is 0.857 bits per heavy atom. The van der Waals surface area contributed by atoms with Crippen LogP contribution in [-0.2, 0) is 0 Å². The average Bonchev–Trinajstić information content (AvgIpc) is 2.94. The van der Waals surface area contributed by atoms with Crippen LogP contribution in [0.3, 0.4) is 0 Å². The molecule has 2 rings (SSSR count). The number of hydrogen-bond acceptors (Lipinski definition) is 2. The van der Waals surface area contributed by atoms with Crippen molar-refractivity contribution in [3.8, 4) is 0 Å². The van der Waals surface area contributed by atoms with Gasteiger partial charge in [-0.1, -0.05) is 0 Å².